The zero-order valence-corrected chi connectivity index (χ0v) is 16.2. The van der Waals surface area contributed by atoms with Crippen LogP contribution in [-0.2, 0) is 13.0 Å². The molecule has 2 aliphatic rings. The van der Waals surface area contributed by atoms with E-state index in [0.29, 0.717) is 30.5 Å². The molecule has 0 aliphatic carbocycles. The molecule has 2 aromatic rings. The lowest BCUT2D eigenvalue weighted by molar-refractivity contribution is 0.0758. The molecule has 4 rings (SSSR count). The summed E-state index contributed by atoms with van der Waals surface area (Å²) in [6, 6.07) is 3.63. The van der Waals surface area contributed by atoms with Crippen molar-refractivity contribution in [3.05, 3.63) is 41.7 Å². The molecule has 1 atom stereocenters. The van der Waals surface area contributed by atoms with Crippen LogP contribution in [0.5, 0.6) is 0 Å². The number of amides is 1. The number of fused-ring (bicyclic) bond motifs is 1. The smallest absolute Gasteiger partial charge is 0.255 e. The van der Waals surface area contributed by atoms with Crippen molar-refractivity contribution in [2.45, 2.75) is 39.2 Å². The monoisotopic (exact) mass is 368 g/mol. The Labute approximate surface area is 160 Å². The van der Waals surface area contributed by atoms with Gasteiger partial charge >= 0.3 is 0 Å². The molecule has 0 spiro atoms. The van der Waals surface area contributed by atoms with Crippen molar-refractivity contribution >= 4 is 5.91 Å². The third-order valence-electron chi connectivity index (χ3n) is 5.51. The molecule has 1 saturated heterocycles. The summed E-state index contributed by atoms with van der Waals surface area (Å²) in [5.74, 6) is 3.30. The van der Waals surface area contributed by atoms with E-state index in [9.17, 15) is 4.79 Å². The van der Waals surface area contributed by atoms with Gasteiger partial charge in [0.05, 0.1) is 5.56 Å². The summed E-state index contributed by atoms with van der Waals surface area (Å²) in [4.78, 5) is 21.3. The number of pyridine rings is 1. The van der Waals surface area contributed by atoms with Crippen molar-refractivity contribution in [1.82, 2.24) is 29.5 Å². The van der Waals surface area contributed by atoms with Crippen LogP contribution < -0.4 is 0 Å². The molecular weight excluding hydrogens is 340 g/mol. The van der Waals surface area contributed by atoms with E-state index in [2.05, 4.69) is 38.5 Å². The van der Waals surface area contributed by atoms with Crippen molar-refractivity contribution in [3.8, 4) is 0 Å². The molecule has 2 aromatic heterocycles. The maximum atomic E-state index is 12.7. The molecule has 7 heteroatoms. The quantitative estimate of drug-likeness (QED) is 0.823. The maximum Gasteiger partial charge on any atom is 0.255 e. The molecule has 1 amide bonds. The summed E-state index contributed by atoms with van der Waals surface area (Å²) in [6.45, 7) is 10.0. The molecule has 27 heavy (non-hydrogen) atoms. The van der Waals surface area contributed by atoms with Crippen LogP contribution in [0.25, 0.3) is 0 Å². The normalized spacial score (nSPS) is 20.7. The van der Waals surface area contributed by atoms with Crippen LogP contribution in [0.4, 0.5) is 0 Å². The second-order valence-corrected chi connectivity index (χ2v) is 8.05. The standard InChI is InChI=1S/C20H28N6O/c1-15(2)13-24-8-5-17(14-24)19-23-22-18-6-9-25(10-11-26(18)19)20(27)16-4-3-7-21-12-16/h3-4,7,12,15,17H,5-6,8-11,13-14H2,1-2H3. The molecule has 144 valence electrons. The Morgan fingerprint density at radius 2 is 2.11 bits per heavy atom. The average molecular weight is 368 g/mol. The second kappa shape index (κ2) is 7.76. The zero-order valence-electron chi connectivity index (χ0n) is 16.2. The third-order valence-corrected chi connectivity index (χ3v) is 5.51. The minimum atomic E-state index is 0.0485. The van der Waals surface area contributed by atoms with Crippen LogP contribution in [0, 0.1) is 5.92 Å². The Balaban J connectivity index is 1.44. The largest absolute Gasteiger partial charge is 0.336 e. The molecule has 0 saturated carbocycles. The van der Waals surface area contributed by atoms with Crippen molar-refractivity contribution in [2.24, 2.45) is 5.92 Å². The van der Waals surface area contributed by atoms with E-state index in [1.54, 1.807) is 18.5 Å². The molecule has 1 unspecified atom stereocenters. The molecule has 0 N–H and O–H groups in total. The Morgan fingerprint density at radius 1 is 1.22 bits per heavy atom. The van der Waals surface area contributed by atoms with Gasteiger partial charge in [0, 0.05) is 57.5 Å². The first-order valence-corrected chi connectivity index (χ1v) is 9.95. The second-order valence-electron chi connectivity index (χ2n) is 8.05. The highest BCUT2D eigenvalue weighted by Gasteiger charge is 2.30. The van der Waals surface area contributed by atoms with Crippen molar-refractivity contribution in [2.75, 3.05) is 32.7 Å². The Bertz CT molecular complexity index is 787. The van der Waals surface area contributed by atoms with E-state index < -0.39 is 0 Å². The van der Waals surface area contributed by atoms with Gasteiger partial charge in [0.25, 0.3) is 5.91 Å². The van der Waals surface area contributed by atoms with Crippen LogP contribution in [0.2, 0.25) is 0 Å². The number of carbonyl (C=O) groups is 1. The van der Waals surface area contributed by atoms with Crippen molar-refractivity contribution in [3.63, 3.8) is 0 Å². The van der Waals surface area contributed by atoms with Gasteiger partial charge in [-0.05, 0) is 31.0 Å². The number of hydrogen-bond donors (Lipinski definition) is 0. The lowest BCUT2D eigenvalue weighted by Gasteiger charge is -2.20. The highest BCUT2D eigenvalue weighted by molar-refractivity contribution is 5.93. The number of aromatic nitrogens is 4. The summed E-state index contributed by atoms with van der Waals surface area (Å²) in [6.07, 6.45) is 5.22. The Morgan fingerprint density at radius 3 is 2.89 bits per heavy atom. The molecule has 0 aromatic carbocycles. The topological polar surface area (TPSA) is 67.2 Å². The molecule has 4 heterocycles. The summed E-state index contributed by atoms with van der Waals surface area (Å²) in [5, 5.41) is 8.99. The molecular formula is C20H28N6O. The van der Waals surface area contributed by atoms with E-state index in [1.807, 2.05) is 11.0 Å². The fourth-order valence-corrected chi connectivity index (χ4v) is 4.25. The number of rotatable bonds is 4. The van der Waals surface area contributed by atoms with Gasteiger partial charge in [0.15, 0.2) is 0 Å². The fraction of sp³-hybridized carbons (Fsp3) is 0.600. The van der Waals surface area contributed by atoms with Crippen molar-refractivity contribution < 1.29 is 4.79 Å². The van der Waals surface area contributed by atoms with Crippen molar-refractivity contribution in [1.29, 1.82) is 0 Å². The van der Waals surface area contributed by atoms with Gasteiger partial charge in [0.1, 0.15) is 11.6 Å². The van der Waals surface area contributed by atoms with E-state index in [1.165, 1.54) is 0 Å². The first-order valence-electron chi connectivity index (χ1n) is 9.95. The van der Waals surface area contributed by atoms with Crippen LogP contribution in [0.15, 0.2) is 24.5 Å². The summed E-state index contributed by atoms with van der Waals surface area (Å²) in [7, 11) is 0. The predicted octanol–water partition coefficient (Wildman–Crippen LogP) is 1.82. The highest BCUT2D eigenvalue weighted by atomic mass is 16.2. The number of carbonyl (C=O) groups excluding carboxylic acids is 1. The van der Waals surface area contributed by atoms with Gasteiger partial charge in [-0.15, -0.1) is 10.2 Å². The number of likely N-dealkylation sites (tertiary alicyclic amines) is 1. The predicted molar refractivity (Wildman–Crippen MR) is 103 cm³/mol. The van der Waals surface area contributed by atoms with E-state index in [0.717, 1.165) is 50.7 Å². The van der Waals surface area contributed by atoms with Gasteiger partial charge in [-0.3, -0.25) is 9.78 Å². The lowest BCUT2D eigenvalue weighted by atomic mass is 10.1. The van der Waals surface area contributed by atoms with E-state index in [4.69, 9.17) is 0 Å². The van der Waals surface area contributed by atoms with Gasteiger partial charge in [-0.1, -0.05) is 13.8 Å². The fourth-order valence-electron chi connectivity index (χ4n) is 4.25. The lowest BCUT2D eigenvalue weighted by Crippen LogP contribution is -2.34. The van der Waals surface area contributed by atoms with Crippen LogP contribution >= 0.6 is 0 Å². The Kier molecular flexibility index (Phi) is 5.20. The van der Waals surface area contributed by atoms with Gasteiger partial charge in [0.2, 0.25) is 0 Å². The molecule has 0 bridgehead atoms. The van der Waals surface area contributed by atoms with Crippen LogP contribution in [0.1, 0.15) is 48.2 Å². The average Bonchev–Trinajstić information content (AvgIpc) is 3.23. The van der Waals surface area contributed by atoms with E-state index in [-0.39, 0.29) is 5.91 Å². The molecule has 2 aliphatic heterocycles. The first-order chi connectivity index (χ1) is 13.1. The molecule has 1 fully saturated rings. The first kappa shape index (κ1) is 18.1. The zero-order chi connectivity index (χ0) is 18.8. The minimum absolute atomic E-state index is 0.0485. The molecule has 0 radical (unpaired) electrons. The number of hydrogen-bond acceptors (Lipinski definition) is 5. The third kappa shape index (κ3) is 3.88. The van der Waals surface area contributed by atoms with Gasteiger partial charge in [-0.2, -0.15) is 0 Å². The van der Waals surface area contributed by atoms with Gasteiger partial charge < -0.3 is 14.4 Å². The highest BCUT2D eigenvalue weighted by Crippen LogP contribution is 2.27. The Hall–Kier alpha value is -2.28. The summed E-state index contributed by atoms with van der Waals surface area (Å²) in [5.41, 5.74) is 0.649. The van der Waals surface area contributed by atoms with Crippen LogP contribution in [0.3, 0.4) is 0 Å². The number of nitrogens with zero attached hydrogens (tertiary/aromatic N) is 6. The minimum Gasteiger partial charge on any atom is -0.336 e. The van der Waals surface area contributed by atoms with E-state index >= 15 is 0 Å². The summed E-state index contributed by atoms with van der Waals surface area (Å²) >= 11 is 0. The summed E-state index contributed by atoms with van der Waals surface area (Å²) < 4.78 is 2.26. The SMILES string of the molecule is CC(C)CN1CCC(c2nnc3n2CCN(C(=O)c2cccnc2)CC3)C1. The van der Waals surface area contributed by atoms with Crippen LogP contribution in [-0.4, -0.2) is 68.2 Å². The molecule has 7 nitrogen and oxygen atoms in total. The maximum absolute atomic E-state index is 12.7. The van der Waals surface area contributed by atoms with Gasteiger partial charge in [-0.25, -0.2) is 0 Å².